The van der Waals surface area contributed by atoms with E-state index in [1.54, 1.807) is 59.5 Å². The van der Waals surface area contributed by atoms with Crippen molar-refractivity contribution >= 4 is 91.8 Å². The molecule has 48 heavy (non-hydrogen) atoms. The van der Waals surface area contributed by atoms with E-state index >= 15 is 0 Å². The van der Waals surface area contributed by atoms with Gasteiger partial charge in [0.05, 0.1) is 5.69 Å². The Kier molecular flexibility index (Phi) is 7.77. The number of aromatic amines is 2. The fraction of sp³-hybridized carbons (Fsp3) is 0.114. The number of benzene rings is 4. The van der Waals surface area contributed by atoms with Crippen molar-refractivity contribution in [2.24, 2.45) is 5.10 Å². The van der Waals surface area contributed by atoms with E-state index in [1.807, 2.05) is 24.3 Å². The van der Waals surface area contributed by atoms with Gasteiger partial charge in [0.15, 0.2) is 0 Å². The van der Waals surface area contributed by atoms with E-state index in [0.717, 1.165) is 27.1 Å². The SMILES string of the molecule is C=NNC(=O)Nc1ccc2[nH]c(C(=O)Nc3ccc4[nH]c(C(=O)N5CC(CCl)c6c5cc(OC(C)=O)c5ccccc65)cc4c3)cc2c1. The molecule has 3 heterocycles. The van der Waals surface area contributed by atoms with Crippen LogP contribution in [0, 0.1) is 0 Å². The maximum atomic E-state index is 14.0. The minimum atomic E-state index is -0.533. The number of urea groups is 1. The summed E-state index contributed by atoms with van der Waals surface area (Å²) in [6, 6.07) is 22.7. The number of amides is 4. The van der Waals surface area contributed by atoms with E-state index in [-0.39, 0.29) is 17.7 Å². The van der Waals surface area contributed by atoms with Gasteiger partial charge >= 0.3 is 12.0 Å². The quantitative estimate of drug-likeness (QED) is 0.0422. The van der Waals surface area contributed by atoms with Gasteiger partial charge in [-0.1, -0.05) is 24.3 Å². The highest BCUT2D eigenvalue weighted by Crippen LogP contribution is 2.46. The van der Waals surface area contributed by atoms with Crippen LogP contribution in [0.2, 0.25) is 0 Å². The van der Waals surface area contributed by atoms with Crippen molar-refractivity contribution in [3.8, 4) is 5.75 Å². The van der Waals surface area contributed by atoms with Crippen LogP contribution in [0.15, 0.2) is 84.0 Å². The summed E-state index contributed by atoms with van der Waals surface area (Å²) >= 11 is 6.41. The first kappa shape index (κ1) is 30.5. The molecule has 13 heteroatoms. The minimum Gasteiger partial charge on any atom is -0.426 e. The maximum absolute atomic E-state index is 14.0. The Labute approximate surface area is 278 Å². The van der Waals surface area contributed by atoms with Crippen LogP contribution in [0.4, 0.5) is 21.9 Å². The van der Waals surface area contributed by atoms with Crippen LogP contribution >= 0.6 is 11.6 Å². The lowest BCUT2D eigenvalue weighted by atomic mass is 9.95. The normalized spacial score (nSPS) is 13.8. The number of ether oxygens (including phenoxy) is 1. The first-order chi connectivity index (χ1) is 23.2. The standard InChI is InChI=1S/C35H28ClN7O5/c1-18(44)48-31-15-30-32(25-6-4-3-5-24(25)31)21(16-36)17-43(30)34(46)29-14-20-11-22(7-9-27(20)41-29)38-33(45)28-13-19-12-23(8-10-26(19)40-28)39-35(47)42-37-2/h3-15,21,40-41H,2,16-17H2,1H3,(H,38,45)(H2,39,42,47). The maximum Gasteiger partial charge on any atom is 0.339 e. The molecule has 5 N–H and O–H groups in total. The van der Waals surface area contributed by atoms with Crippen LogP contribution in [0.5, 0.6) is 5.75 Å². The Morgan fingerprint density at radius 3 is 2.21 bits per heavy atom. The van der Waals surface area contributed by atoms with Crippen LogP contribution < -0.4 is 25.7 Å². The Hall–Kier alpha value is -6.14. The number of aromatic nitrogens is 2. The number of halogens is 1. The molecule has 12 nitrogen and oxygen atoms in total. The number of fused-ring (bicyclic) bond motifs is 5. The van der Waals surface area contributed by atoms with Gasteiger partial charge in [0, 0.05) is 76.6 Å². The molecule has 1 unspecified atom stereocenters. The molecule has 1 atom stereocenters. The number of rotatable bonds is 7. The van der Waals surface area contributed by atoms with E-state index in [4.69, 9.17) is 16.3 Å². The zero-order chi connectivity index (χ0) is 33.5. The summed E-state index contributed by atoms with van der Waals surface area (Å²) in [5, 5.41) is 12.0. The van der Waals surface area contributed by atoms with Crippen LogP contribution in [0.25, 0.3) is 32.6 Å². The number of hydrogen-bond donors (Lipinski definition) is 5. The molecule has 0 saturated heterocycles. The van der Waals surface area contributed by atoms with Gasteiger partial charge in [-0.15, -0.1) is 11.6 Å². The van der Waals surface area contributed by atoms with Crippen molar-refractivity contribution in [1.29, 1.82) is 0 Å². The van der Waals surface area contributed by atoms with Crippen molar-refractivity contribution in [1.82, 2.24) is 15.4 Å². The van der Waals surface area contributed by atoms with E-state index in [2.05, 4.69) is 37.8 Å². The summed E-state index contributed by atoms with van der Waals surface area (Å²) in [4.78, 5) is 58.8. The molecule has 0 saturated carbocycles. The van der Waals surface area contributed by atoms with Gasteiger partial charge in [0.25, 0.3) is 11.8 Å². The number of hydrogen-bond acceptors (Lipinski definition) is 6. The highest BCUT2D eigenvalue weighted by Gasteiger charge is 2.35. The van der Waals surface area contributed by atoms with Crippen molar-refractivity contribution in [3.05, 3.63) is 95.8 Å². The molecule has 2 aromatic heterocycles. The number of H-pyrrole nitrogens is 2. The Morgan fingerprint density at radius 1 is 0.896 bits per heavy atom. The first-order valence-corrected chi connectivity index (χ1v) is 15.5. The van der Waals surface area contributed by atoms with E-state index < -0.39 is 12.0 Å². The van der Waals surface area contributed by atoms with Gasteiger partial charge in [-0.05, 0) is 59.5 Å². The molecule has 240 valence electrons. The van der Waals surface area contributed by atoms with Gasteiger partial charge in [-0.2, -0.15) is 5.10 Å². The van der Waals surface area contributed by atoms with Gasteiger partial charge in [-0.3, -0.25) is 14.4 Å². The molecule has 7 rings (SSSR count). The number of anilines is 3. The number of carbonyl (C=O) groups excluding carboxylic acids is 4. The Bertz CT molecular complexity index is 2310. The number of nitrogens with one attached hydrogen (secondary N) is 5. The molecule has 0 spiro atoms. The highest BCUT2D eigenvalue weighted by atomic mass is 35.5. The summed E-state index contributed by atoms with van der Waals surface area (Å²) in [6.45, 7) is 4.92. The second kappa shape index (κ2) is 12.2. The lowest BCUT2D eigenvalue weighted by Gasteiger charge is -2.18. The van der Waals surface area contributed by atoms with Crippen molar-refractivity contribution < 1.29 is 23.9 Å². The highest BCUT2D eigenvalue weighted by molar-refractivity contribution is 6.19. The largest absolute Gasteiger partial charge is 0.426 e. The Balaban J connectivity index is 1.13. The molecular formula is C35H28ClN7O5. The molecule has 0 aliphatic carbocycles. The fourth-order valence-electron chi connectivity index (χ4n) is 6.20. The van der Waals surface area contributed by atoms with Gasteiger partial charge in [-0.25, -0.2) is 10.2 Å². The van der Waals surface area contributed by atoms with Crippen LogP contribution in [-0.2, 0) is 4.79 Å². The van der Waals surface area contributed by atoms with Crippen LogP contribution in [-0.4, -0.2) is 52.9 Å². The molecule has 0 bridgehead atoms. The monoisotopic (exact) mass is 661 g/mol. The van der Waals surface area contributed by atoms with Crippen LogP contribution in [0.3, 0.4) is 0 Å². The second-order valence-electron chi connectivity index (χ2n) is 11.4. The molecule has 1 aliphatic heterocycles. The summed E-state index contributed by atoms with van der Waals surface area (Å²) in [5.41, 5.74) is 6.94. The predicted molar refractivity (Wildman–Crippen MR) is 187 cm³/mol. The van der Waals surface area contributed by atoms with E-state index in [0.29, 0.717) is 57.7 Å². The topological polar surface area (TPSA) is 161 Å². The molecule has 6 aromatic rings. The fourth-order valence-corrected chi connectivity index (χ4v) is 6.46. The molecule has 4 aromatic carbocycles. The van der Waals surface area contributed by atoms with Gasteiger partial charge < -0.3 is 30.2 Å². The summed E-state index contributed by atoms with van der Waals surface area (Å²) < 4.78 is 5.55. The van der Waals surface area contributed by atoms with Crippen molar-refractivity contribution in [2.75, 3.05) is 28.0 Å². The van der Waals surface area contributed by atoms with Gasteiger partial charge in [0.2, 0.25) is 0 Å². The first-order valence-electron chi connectivity index (χ1n) is 14.9. The number of hydrazone groups is 1. The molecule has 1 aliphatic rings. The zero-order valence-corrected chi connectivity index (χ0v) is 26.3. The van der Waals surface area contributed by atoms with Crippen LogP contribution in [0.1, 0.15) is 39.4 Å². The number of carbonyl (C=O) groups is 4. The minimum absolute atomic E-state index is 0.116. The summed E-state index contributed by atoms with van der Waals surface area (Å²) in [6.07, 6.45) is 0. The third kappa shape index (κ3) is 5.58. The number of nitrogens with zero attached hydrogens (tertiary/aromatic N) is 2. The third-order valence-electron chi connectivity index (χ3n) is 8.23. The molecule has 0 radical (unpaired) electrons. The lowest BCUT2D eigenvalue weighted by Crippen LogP contribution is -2.30. The molecule has 0 fully saturated rings. The predicted octanol–water partition coefficient (Wildman–Crippen LogP) is 6.70. The molecular weight excluding hydrogens is 634 g/mol. The molecule has 4 amide bonds. The smallest absolute Gasteiger partial charge is 0.339 e. The second-order valence-corrected chi connectivity index (χ2v) is 11.7. The lowest BCUT2D eigenvalue weighted by molar-refractivity contribution is -0.131. The Morgan fingerprint density at radius 2 is 1.54 bits per heavy atom. The average Bonchev–Trinajstić information content (AvgIpc) is 3.79. The van der Waals surface area contributed by atoms with Crippen molar-refractivity contribution in [3.63, 3.8) is 0 Å². The third-order valence-corrected chi connectivity index (χ3v) is 8.60. The van der Waals surface area contributed by atoms with E-state index in [9.17, 15) is 19.2 Å². The van der Waals surface area contributed by atoms with E-state index in [1.165, 1.54) is 6.92 Å². The number of esters is 1. The number of alkyl halides is 1. The van der Waals surface area contributed by atoms with Crippen molar-refractivity contribution in [2.45, 2.75) is 12.8 Å². The summed E-state index contributed by atoms with van der Waals surface area (Å²) in [5.74, 6) is -0.514. The average molecular weight is 662 g/mol. The van der Waals surface area contributed by atoms with Gasteiger partial charge in [0.1, 0.15) is 17.1 Å². The summed E-state index contributed by atoms with van der Waals surface area (Å²) in [7, 11) is 0. The zero-order valence-electron chi connectivity index (χ0n) is 25.5.